The van der Waals surface area contributed by atoms with Gasteiger partial charge in [-0.05, 0) is 53.3 Å². The van der Waals surface area contributed by atoms with E-state index in [-0.39, 0.29) is 11.9 Å². The molecule has 3 N–H and O–H groups in total. The van der Waals surface area contributed by atoms with E-state index in [0.717, 1.165) is 53.0 Å². The maximum Gasteiger partial charge on any atom is 0.252 e. The highest BCUT2D eigenvalue weighted by Gasteiger charge is 2.33. The van der Waals surface area contributed by atoms with Crippen molar-refractivity contribution in [1.29, 1.82) is 0 Å². The maximum absolute atomic E-state index is 13.4. The minimum absolute atomic E-state index is 0.184. The van der Waals surface area contributed by atoms with Crippen molar-refractivity contribution in [3.63, 3.8) is 0 Å². The monoisotopic (exact) mass is 469 g/mol. The van der Waals surface area contributed by atoms with Gasteiger partial charge in [-0.2, -0.15) is 0 Å². The van der Waals surface area contributed by atoms with Gasteiger partial charge in [0, 0.05) is 31.2 Å². The topological polar surface area (TPSA) is 83.0 Å². The molecule has 5 rings (SSSR count). The lowest BCUT2D eigenvalue weighted by Crippen LogP contribution is -2.34. The second-order valence-corrected chi connectivity index (χ2v) is 9.25. The molecule has 180 valence electrons. The van der Waals surface area contributed by atoms with Gasteiger partial charge in [0.15, 0.2) is 0 Å². The fourth-order valence-electron chi connectivity index (χ4n) is 5.07. The number of anilines is 1. The van der Waals surface area contributed by atoms with Gasteiger partial charge < -0.3 is 20.5 Å². The molecule has 0 radical (unpaired) electrons. The smallest absolute Gasteiger partial charge is 0.252 e. The molecule has 6 nitrogen and oxygen atoms in total. The van der Waals surface area contributed by atoms with Gasteiger partial charge in [-0.1, -0.05) is 54.6 Å². The molecule has 35 heavy (non-hydrogen) atoms. The summed E-state index contributed by atoms with van der Waals surface area (Å²) in [4.78, 5) is 18.2. The largest absolute Gasteiger partial charge is 0.390 e. The molecule has 0 spiro atoms. The van der Waals surface area contributed by atoms with Crippen molar-refractivity contribution in [2.45, 2.75) is 43.9 Å². The van der Waals surface area contributed by atoms with Crippen LogP contribution < -0.4 is 10.6 Å². The fraction of sp³-hybridized carbons (Fsp3) is 0.310. The molecule has 0 saturated heterocycles. The highest BCUT2D eigenvalue weighted by atomic mass is 16.5. The standard InChI is InChI=1S/C29H31N3O3/c1-35-18-22-10-7-13-27(31-22)30-21-15-14-20-16-26(33)28(25(20)17-21)32-29(34)24-12-6-5-11-23(24)19-8-3-2-4-9-19/h2-6,8-9,11-12,14-15,17,22,26,28,33H,7,10,13,16,18H2,1H3,(H,30,31)(H,32,34)/t22?,26-,28-/m1/s1. The number of aliphatic hydroxyl groups excluding tert-OH is 1. The second-order valence-electron chi connectivity index (χ2n) is 9.25. The summed E-state index contributed by atoms with van der Waals surface area (Å²) in [6.45, 7) is 0.625. The van der Waals surface area contributed by atoms with Crippen LogP contribution in [0, 0.1) is 0 Å². The molecule has 1 aliphatic heterocycles. The van der Waals surface area contributed by atoms with E-state index < -0.39 is 12.1 Å². The number of carbonyl (C=O) groups is 1. The van der Waals surface area contributed by atoms with Crippen LogP contribution in [0.4, 0.5) is 5.69 Å². The number of fused-ring (bicyclic) bond motifs is 1. The number of methoxy groups -OCH3 is 1. The zero-order valence-electron chi connectivity index (χ0n) is 19.9. The quantitative estimate of drug-likeness (QED) is 0.487. The Kier molecular flexibility index (Phi) is 6.93. The van der Waals surface area contributed by atoms with Crippen LogP contribution in [0.2, 0.25) is 0 Å². The number of rotatable bonds is 6. The Morgan fingerprint density at radius 1 is 1.09 bits per heavy atom. The molecule has 2 aliphatic rings. The van der Waals surface area contributed by atoms with Gasteiger partial charge in [-0.3, -0.25) is 9.79 Å². The van der Waals surface area contributed by atoms with E-state index in [1.54, 1.807) is 7.11 Å². The van der Waals surface area contributed by atoms with E-state index in [1.807, 2.05) is 72.8 Å². The van der Waals surface area contributed by atoms with Crippen molar-refractivity contribution in [3.05, 3.63) is 89.5 Å². The van der Waals surface area contributed by atoms with E-state index in [2.05, 4.69) is 10.6 Å². The predicted octanol–water partition coefficient (Wildman–Crippen LogP) is 4.75. The molecule has 3 aromatic rings. The summed E-state index contributed by atoms with van der Waals surface area (Å²) in [6.07, 6.45) is 2.84. The average molecular weight is 470 g/mol. The van der Waals surface area contributed by atoms with E-state index in [9.17, 15) is 9.90 Å². The first kappa shape index (κ1) is 23.3. The zero-order valence-corrected chi connectivity index (χ0v) is 19.9. The number of nitrogens with one attached hydrogen (secondary N) is 2. The molecule has 1 unspecified atom stereocenters. The Morgan fingerprint density at radius 2 is 1.89 bits per heavy atom. The third-order valence-electron chi connectivity index (χ3n) is 6.77. The number of amidine groups is 1. The van der Waals surface area contributed by atoms with Gasteiger partial charge in [0.25, 0.3) is 5.91 Å². The molecule has 0 bridgehead atoms. The van der Waals surface area contributed by atoms with Crippen molar-refractivity contribution >= 4 is 17.4 Å². The van der Waals surface area contributed by atoms with E-state index >= 15 is 0 Å². The van der Waals surface area contributed by atoms with Crippen LogP contribution in [0.3, 0.4) is 0 Å². The molecule has 1 aliphatic carbocycles. The third kappa shape index (κ3) is 5.14. The molecule has 3 aromatic carbocycles. The van der Waals surface area contributed by atoms with Crippen molar-refractivity contribution in [3.8, 4) is 11.1 Å². The number of amides is 1. The summed E-state index contributed by atoms with van der Waals surface area (Å²) in [5.74, 6) is 0.757. The SMILES string of the molecule is COCC1CCCC(Nc2ccc3c(c2)[C@@H](NC(=O)c2ccccc2-c2ccccc2)[C@H](O)C3)=N1. The van der Waals surface area contributed by atoms with Gasteiger partial charge >= 0.3 is 0 Å². The minimum Gasteiger partial charge on any atom is -0.390 e. The molecule has 1 amide bonds. The molecule has 1 heterocycles. The number of carbonyl (C=O) groups excluding carboxylic acids is 1. The summed E-state index contributed by atoms with van der Waals surface area (Å²) in [5.41, 5.74) is 5.35. The van der Waals surface area contributed by atoms with Crippen LogP contribution in [-0.2, 0) is 11.2 Å². The lowest BCUT2D eigenvalue weighted by molar-refractivity contribution is 0.0859. The summed E-state index contributed by atoms with van der Waals surface area (Å²) in [7, 11) is 1.70. The fourth-order valence-corrected chi connectivity index (χ4v) is 5.07. The number of aliphatic hydroxyl groups is 1. The highest BCUT2D eigenvalue weighted by Crippen LogP contribution is 2.34. The number of benzene rings is 3. The normalized spacial score (nSPS) is 21.2. The highest BCUT2D eigenvalue weighted by molar-refractivity contribution is 6.01. The van der Waals surface area contributed by atoms with Gasteiger partial charge in [0.2, 0.25) is 0 Å². The summed E-state index contributed by atoms with van der Waals surface area (Å²) in [5, 5.41) is 17.4. The Balaban J connectivity index is 1.37. The maximum atomic E-state index is 13.4. The lowest BCUT2D eigenvalue weighted by Gasteiger charge is -2.22. The van der Waals surface area contributed by atoms with Crippen molar-refractivity contribution in [2.75, 3.05) is 19.0 Å². The van der Waals surface area contributed by atoms with E-state index in [0.29, 0.717) is 18.6 Å². The van der Waals surface area contributed by atoms with Crippen molar-refractivity contribution in [1.82, 2.24) is 5.32 Å². The van der Waals surface area contributed by atoms with Gasteiger partial charge in [-0.15, -0.1) is 0 Å². The first-order valence-electron chi connectivity index (χ1n) is 12.2. The van der Waals surface area contributed by atoms with Crippen LogP contribution in [0.1, 0.15) is 46.8 Å². The van der Waals surface area contributed by atoms with Crippen LogP contribution in [0.5, 0.6) is 0 Å². The summed E-state index contributed by atoms with van der Waals surface area (Å²) >= 11 is 0. The molecule has 0 aromatic heterocycles. The van der Waals surface area contributed by atoms with Gasteiger partial charge in [-0.25, -0.2) is 0 Å². The predicted molar refractivity (Wildman–Crippen MR) is 139 cm³/mol. The molecular formula is C29H31N3O3. The minimum atomic E-state index is -0.675. The molecule has 0 saturated carbocycles. The first-order valence-corrected chi connectivity index (χ1v) is 12.2. The number of hydrogen-bond donors (Lipinski definition) is 3. The van der Waals surface area contributed by atoms with Crippen LogP contribution in [0.25, 0.3) is 11.1 Å². The van der Waals surface area contributed by atoms with Crippen LogP contribution in [0.15, 0.2) is 77.8 Å². The summed E-state index contributed by atoms with van der Waals surface area (Å²) in [6, 6.07) is 23.2. The van der Waals surface area contributed by atoms with Gasteiger partial charge in [0.1, 0.15) is 5.84 Å². The van der Waals surface area contributed by atoms with Crippen LogP contribution in [-0.4, -0.2) is 42.7 Å². The molecular weight excluding hydrogens is 438 g/mol. The van der Waals surface area contributed by atoms with Gasteiger partial charge in [0.05, 0.1) is 24.8 Å². The van der Waals surface area contributed by atoms with E-state index in [1.165, 1.54) is 0 Å². The number of aliphatic imine (C=N–C) groups is 1. The number of hydrogen-bond acceptors (Lipinski definition) is 5. The molecule has 0 fully saturated rings. The van der Waals surface area contributed by atoms with Crippen LogP contribution >= 0.6 is 0 Å². The van der Waals surface area contributed by atoms with Crippen molar-refractivity contribution in [2.24, 2.45) is 4.99 Å². The second kappa shape index (κ2) is 10.4. The van der Waals surface area contributed by atoms with Crippen molar-refractivity contribution < 1.29 is 14.6 Å². The molecule has 6 heteroatoms. The first-order chi connectivity index (χ1) is 17.1. The number of nitrogens with zero attached hydrogens (tertiary/aromatic N) is 1. The Labute approximate surface area is 206 Å². The Hall–Kier alpha value is -3.48. The zero-order chi connectivity index (χ0) is 24.2. The third-order valence-corrected chi connectivity index (χ3v) is 6.77. The average Bonchev–Trinajstić information content (AvgIpc) is 3.19. The Morgan fingerprint density at radius 3 is 2.71 bits per heavy atom. The van der Waals surface area contributed by atoms with E-state index in [4.69, 9.17) is 9.73 Å². The Bertz CT molecular complexity index is 1220. The molecule has 3 atom stereocenters. The number of ether oxygens (including phenoxy) is 1. The summed E-state index contributed by atoms with van der Waals surface area (Å²) < 4.78 is 5.27. The lowest BCUT2D eigenvalue weighted by atomic mass is 9.98.